The SMILES string of the molecule is CC(C)(C)C1CC(Cn2c(COCc3ccccc3)c3c(=O)n(-c4ccccc4Cl)[nH]c3cc2=O)CCN1C(=O)O. The molecule has 2 atom stereocenters. The molecule has 9 nitrogen and oxygen atoms in total. The number of hydrogen-bond acceptors (Lipinski definition) is 4. The molecule has 1 saturated heterocycles. The van der Waals surface area contributed by atoms with Crippen LogP contribution in [0.2, 0.25) is 5.02 Å². The zero-order valence-corrected chi connectivity index (χ0v) is 24.2. The molecule has 1 amide bonds. The van der Waals surface area contributed by atoms with Crippen molar-refractivity contribution in [3.05, 3.63) is 97.7 Å². The lowest BCUT2D eigenvalue weighted by molar-refractivity contribution is 0.0363. The molecule has 0 saturated carbocycles. The molecule has 0 spiro atoms. The van der Waals surface area contributed by atoms with Crippen LogP contribution in [-0.2, 0) is 24.5 Å². The number of aromatic amines is 1. The highest BCUT2D eigenvalue weighted by Crippen LogP contribution is 2.35. The van der Waals surface area contributed by atoms with E-state index in [0.29, 0.717) is 59.8 Å². The molecule has 5 rings (SSSR count). The maximum absolute atomic E-state index is 13.8. The third-order valence-corrected chi connectivity index (χ3v) is 8.23. The molecule has 1 aliphatic rings. The van der Waals surface area contributed by atoms with Crippen molar-refractivity contribution in [3.63, 3.8) is 0 Å². The summed E-state index contributed by atoms with van der Waals surface area (Å²) in [6.45, 7) is 7.22. The largest absolute Gasteiger partial charge is 0.465 e. The van der Waals surface area contributed by atoms with E-state index in [9.17, 15) is 19.5 Å². The number of carbonyl (C=O) groups is 1. The summed E-state index contributed by atoms with van der Waals surface area (Å²) in [5, 5.41) is 13.6. The lowest BCUT2D eigenvalue weighted by Crippen LogP contribution is -2.52. The minimum atomic E-state index is -0.926. The minimum absolute atomic E-state index is 0.0441. The van der Waals surface area contributed by atoms with Crippen molar-refractivity contribution in [2.75, 3.05) is 6.54 Å². The Kier molecular flexibility index (Phi) is 8.11. The molecule has 3 heterocycles. The standard InChI is InChI=1S/C31H35ClN4O5/c1-31(2,3)26-15-21(13-14-34(26)30(39)40)17-35-25(19-41-18-20-9-5-4-6-10-20)28-23(16-27(35)37)33-36(29(28)38)24-12-8-7-11-22(24)32/h4-12,16,21,26,33H,13-15,17-19H2,1-3H3,(H,39,40). The number of hydrogen-bond donors (Lipinski definition) is 2. The Balaban J connectivity index is 1.55. The molecule has 41 heavy (non-hydrogen) atoms. The second-order valence-electron chi connectivity index (χ2n) is 11.8. The summed E-state index contributed by atoms with van der Waals surface area (Å²) in [5.74, 6) is 0.0441. The second kappa shape index (κ2) is 11.6. The fourth-order valence-electron chi connectivity index (χ4n) is 5.81. The molecule has 2 aromatic heterocycles. The molecule has 2 unspecified atom stereocenters. The van der Waals surface area contributed by atoms with Crippen LogP contribution < -0.4 is 11.1 Å². The Morgan fingerprint density at radius 3 is 2.46 bits per heavy atom. The smallest absolute Gasteiger partial charge is 0.407 e. The van der Waals surface area contributed by atoms with E-state index in [1.54, 1.807) is 28.8 Å². The summed E-state index contributed by atoms with van der Waals surface area (Å²) >= 11 is 6.41. The number of benzene rings is 2. The van der Waals surface area contributed by atoms with Crippen LogP contribution in [-0.4, -0.2) is 43.0 Å². The summed E-state index contributed by atoms with van der Waals surface area (Å²) in [4.78, 5) is 40.9. The first kappa shape index (κ1) is 28.7. The monoisotopic (exact) mass is 578 g/mol. The fourth-order valence-corrected chi connectivity index (χ4v) is 6.03. The van der Waals surface area contributed by atoms with Crippen LogP contribution in [0.15, 0.2) is 70.3 Å². The zero-order valence-electron chi connectivity index (χ0n) is 23.5. The maximum Gasteiger partial charge on any atom is 0.407 e. The second-order valence-corrected chi connectivity index (χ2v) is 12.2. The van der Waals surface area contributed by atoms with Crippen LogP contribution in [0.1, 0.15) is 44.9 Å². The van der Waals surface area contributed by atoms with Gasteiger partial charge in [0.1, 0.15) is 0 Å². The van der Waals surface area contributed by atoms with E-state index in [4.69, 9.17) is 16.3 Å². The average molecular weight is 579 g/mol. The Bertz CT molecular complexity index is 1670. The van der Waals surface area contributed by atoms with Gasteiger partial charge in [-0.3, -0.25) is 14.7 Å². The van der Waals surface area contributed by atoms with Gasteiger partial charge in [0.25, 0.3) is 11.1 Å². The Morgan fingerprint density at radius 2 is 1.78 bits per heavy atom. The van der Waals surface area contributed by atoms with Crippen LogP contribution in [0, 0.1) is 11.3 Å². The molecule has 4 aromatic rings. The van der Waals surface area contributed by atoms with Crippen molar-refractivity contribution in [2.24, 2.45) is 11.3 Å². The topological polar surface area (TPSA) is 110 Å². The van der Waals surface area contributed by atoms with Gasteiger partial charge in [-0.25, -0.2) is 9.48 Å². The molecular weight excluding hydrogens is 544 g/mol. The van der Waals surface area contributed by atoms with Crippen molar-refractivity contribution in [2.45, 2.75) is 59.4 Å². The quantitative estimate of drug-likeness (QED) is 0.294. The molecule has 0 aliphatic carbocycles. The number of aromatic nitrogens is 3. The molecule has 0 radical (unpaired) electrons. The molecule has 0 bridgehead atoms. The fraction of sp³-hybridized carbons (Fsp3) is 0.387. The first-order chi connectivity index (χ1) is 19.5. The van der Waals surface area contributed by atoms with Gasteiger partial charge in [-0.05, 0) is 41.9 Å². The van der Waals surface area contributed by atoms with Crippen molar-refractivity contribution in [1.29, 1.82) is 0 Å². The van der Waals surface area contributed by atoms with Crippen LogP contribution in [0.4, 0.5) is 4.79 Å². The highest BCUT2D eigenvalue weighted by atomic mass is 35.5. The van der Waals surface area contributed by atoms with E-state index >= 15 is 0 Å². The Labute approximate surface area is 242 Å². The number of nitrogens with one attached hydrogen (secondary N) is 1. The number of amides is 1. The number of nitrogens with zero attached hydrogens (tertiary/aromatic N) is 3. The lowest BCUT2D eigenvalue weighted by Gasteiger charge is -2.44. The summed E-state index contributed by atoms with van der Waals surface area (Å²) in [7, 11) is 0. The minimum Gasteiger partial charge on any atom is -0.465 e. The Morgan fingerprint density at radius 1 is 1.07 bits per heavy atom. The van der Waals surface area contributed by atoms with E-state index in [1.807, 2.05) is 51.1 Å². The van der Waals surface area contributed by atoms with Crippen molar-refractivity contribution < 1.29 is 14.6 Å². The molecule has 2 N–H and O–H groups in total. The van der Waals surface area contributed by atoms with Gasteiger partial charge in [0.05, 0.1) is 40.5 Å². The van der Waals surface area contributed by atoms with E-state index in [-0.39, 0.29) is 35.1 Å². The van der Waals surface area contributed by atoms with Gasteiger partial charge in [0.15, 0.2) is 0 Å². The average Bonchev–Trinajstić information content (AvgIpc) is 3.25. The third kappa shape index (κ3) is 5.96. The number of likely N-dealkylation sites (tertiary alicyclic amines) is 1. The van der Waals surface area contributed by atoms with Gasteiger partial charge in [0, 0.05) is 25.2 Å². The maximum atomic E-state index is 13.8. The van der Waals surface area contributed by atoms with Gasteiger partial charge >= 0.3 is 6.09 Å². The van der Waals surface area contributed by atoms with Gasteiger partial charge in [0.2, 0.25) is 0 Å². The molecule has 1 fully saturated rings. The van der Waals surface area contributed by atoms with Crippen molar-refractivity contribution in [3.8, 4) is 5.69 Å². The van der Waals surface area contributed by atoms with Gasteiger partial charge in [-0.1, -0.05) is 74.8 Å². The van der Waals surface area contributed by atoms with Crippen molar-refractivity contribution >= 4 is 28.6 Å². The summed E-state index contributed by atoms with van der Waals surface area (Å²) < 4.78 is 9.08. The molecule has 216 valence electrons. The highest BCUT2D eigenvalue weighted by molar-refractivity contribution is 6.32. The Hall–Kier alpha value is -3.82. The summed E-state index contributed by atoms with van der Waals surface area (Å²) in [6, 6.07) is 18.0. The first-order valence-corrected chi connectivity index (χ1v) is 14.2. The number of rotatable bonds is 7. The van der Waals surface area contributed by atoms with E-state index < -0.39 is 6.09 Å². The highest BCUT2D eigenvalue weighted by Gasteiger charge is 2.39. The first-order valence-electron chi connectivity index (χ1n) is 13.8. The van der Waals surface area contributed by atoms with Gasteiger partial charge in [-0.2, -0.15) is 0 Å². The summed E-state index contributed by atoms with van der Waals surface area (Å²) in [5.41, 5.74) is 1.51. The normalized spacial score (nSPS) is 17.7. The lowest BCUT2D eigenvalue weighted by atomic mass is 9.77. The summed E-state index contributed by atoms with van der Waals surface area (Å²) in [6.07, 6.45) is 0.302. The number of fused-ring (bicyclic) bond motifs is 1. The molecule has 10 heteroatoms. The number of halogens is 1. The molecular formula is C31H35ClN4O5. The van der Waals surface area contributed by atoms with E-state index in [1.165, 1.54) is 15.6 Å². The predicted molar refractivity (Wildman–Crippen MR) is 159 cm³/mol. The van der Waals surface area contributed by atoms with Gasteiger partial charge in [-0.15, -0.1) is 0 Å². The number of carboxylic acid groups (broad SMARTS) is 1. The molecule has 2 aromatic carbocycles. The van der Waals surface area contributed by atoms with Gasteiger partial charge < -0.3 is 19.3 Å². The third-order valence-electron chi connectivity index (χ3n) is 7.91. The number of piperidine rings is 1. The van der Waals surface area contributed by atoms with Crippen LogP contribution in [0.5, 0.6) is 0 Å². The molecule has 1 aliphatic heterocycles. The van der Waals surface area contributed by atoms with E-state index in [0.717, 1.165) is 5.56 Å². The van der Waals surface area contributed by atoms with E-state index in [2.05, 4.69) is 5.10 Å². The van der Waals surface area contributed by atoms with Crippen molar-refractivity contribution in [1.82, 2.24) is 19.2 Å². The number of H-pyrrole nitrogens is 1. The number of pyridine rings is 1. The van der Waals surface area contributed by atoms with Crippen LogP contribution in [0.25, 0.3) is 16.6 Å². The van der Waals surface area contributed by atoms with Crippen LogP contribution >= 0.6 is 11.6 Å². The predicted octanol–water partition coefficient (Wildman–Crippen LogP) is 5.66. The van der Waals surface area contributed by atoms with Crippen LogP contribution in [0.3, 0.4) is 0 Å². The zero-order chi connectivity index (χ0) is 29.3. The number of ether oxygens (including phenoxy) is 1. The number of para-hydroxylation sites is 1.